The summed E-state index contributed by atoms with van der Waals surface area (Å²) in [7, 11) is 0. The molecule has 0 aliphatic carbocycles. The lowest BCUT2D eigenvalue weighted by atomic mass is 10.2. The van der Waals surface area contributed by atoms with Crippen molar-refractivity contribution < 1.29 is 13.5 Å². The Morgan fingerprint density at radius 3 is 2.55 bits per heavy atom. The van der Waals surface area contributed by atoms with Gasteiger partial charge in [0.25, 0.3) is 0 Å². The zero-order valence-corrected chi connectivity index (χ0v) is 11.8. The number of halogens is 4. The van der Waals surface area contributed by atoms with Crippen LogP contribution in [0.3, 0.4) is 0 Å². The van der Waals surface area contributed by atoms with Crippen molar-refractivity contribution in [2.24, 2.45) is 0 Å². The fourth-order valence-corrected chi connectivity index (χ4v) is 2.09. The van der Waals surface area contributed by atoms with E-state index in [1.807, 2.05) is 6.07 Å². The van der Waals surface area contributed by atoms with E-state index in [9.17, 15) is 8.78 Å². The SMILES string of the molecule is FC(F)Oc1ccc(Cl)cc1CNc1ccccc1Cl. The summed E-state index contributed by atoms with van der Waals surface area (Å²) in [6, 6.07) is 11.6. The number of hydrogen-bond donors (Lipinski definition) is 1. The summed E-state index contributed by atoms with van der Waals surface area (Å²) < 4.78 is 29.1. The van der Waals surface area contributed by atoms with E-state index in [1.165, 1.54) is 12.1 Å². The van der Waals surface area contributed by atoms with Crippen LogP contribution in [-0.4, -0.2) is 6.61 Å². The Hall–Kier alpha value is -1.52. The maximum absolute atomic E-state index is 12.3. The van der Waals surface area contributed by atoms with Crippen LogP contribution in [0.4, 0.5) is 14.5 Å². The lowest BCUT2D eigenvalue weighted by Crippen LogP contribution is -2.07. The molecule has 0 unspecified atom stereocenters. The predicted molar refractivity (Wildman–Crippen MR) is 76.9 cm³/mol. The fraction of sp³-hybridized carbons (Fsp3) is 0.143. The van der Waals surface area contributed by atoms with Gasteiger partial charge in [0.2, 0.25) is 0 Å². The van der Waals surface area contributed by atoms with Crippen LogP contribution in [-0.2, 0) is 6.54 Å². The summed E-state index contributed by atoms with van der Waals surface area (Å²) in [6.45, 7) is -2.61. The van der Waals surface area contributed by atoms with Gasteiger partial charge >= 0.3 is 6.61 Å². The van der Waals surface area contributed by atoms with Crippen molar-refractivity contribution in [3.05, 3.63) is 58.1 Å². The van der Waals surface area contributed by atoms with Gasteiger partial charge in [0.15, 0.2) is 0 Å². The molecular weight excluding hydrogens is 307 g/mol. The summed E-state index contributed by atoms with van der Waals surface area (Å²) in [5, 5.41) is 4.05. The number of rotatable bonds is 5. The Bertz CT molecular complexity index is 593. The molecule has 0 heterocycles. The van der Waals surface area contributed by atoms with E-state index < -0.39 is 6.61 Å². The second-order valence-corrected chi connectivity index (χ2v) is 4.81. The summed E-state index contributed by atoms with van der Waals surface area (Å²) in [4.78, 5) is 0. The van der Waals surface area contributed by atoms with Crippen molar-refractivity contribution in [3.63, 3.8) is 0 Å². The first kappa shape index (κ1) is 14.9. The predicted octanol–water partition coefficient (Wildman–Crippen LogP) is 5.21. The molecule has 0 saturated carbocycles. The van der Waals surface area contributed by atoms with E-state index in [1.54, 1.807) is 24.3 Å². The van der Waals surface area contributed by atoms with E-state index in [0.717, 1.165) is 0 Å². The molecule has 0 aromatic heterocycles. The minimum atomic E-state index is -2.88. The highest BCUT2D eigenvalue weighted by Gasteiger charge is 2.10. The maximum atomic E-state index is 12.3. The molecule has 0 spiro atoms. The van der Waals surface area contributed by atoms with E-state index >= 15 is 0 Å². The Kier molecular flexibility index (Phi) is 5.04. The molecule has 2 rings (SSSR count). The van der Waals surface area contributed by atoms with Crippen LogP contribution >= 0.6 is 23.2 Å². The van der Waals surface area contributed by atoms with Gasteiger partial charge in [-0.05, 0) is 30.3 Å². The number of hydrogen-bond acceptors (Lipinski definition) is 2. The lowest BCUT2D eigenvalue weighted by molar-refractivity contribution is -0.0504. The molecule has 6 heteroatoms. The summed E-state index contributed by atoms with van der Waals surface area (Å²) in [5.74, 6) is 0.0870. The second-order valence-electron chi connectivity index (χ2n) is 3.96. The average molecular weight is 318 g/mol. The minimum Gasteiger partial charge on any atom is -0.434 e. The maximum Gasteiger partial charge on any atom is 0.387 e. The van der Waals surface area contributed by atoms with E-state index in [4.69, 9.17) is 23.2 Å². The molecule has 0 amide bonds. The molecule has 0 atom stereocenters. The van der Waals surface area contributed by atoms with Gasteiger partial charge in [-0.3, -0.25) is 0 Å². The quantitative estimate of drug-likeness (QED) is 0.817. The zero-order valence-electron chi connectivity index (χ0n) is 10.2. The molecule has 106 valence electrons. The van der Waals surface area contributed by atoms with Gasteiger partial charge in [-0.1, -0.05) is 35.3 Å². The Labute approximate surface area is 125 Å². The first-order valence-electron chi connectivity index (χ1n) is 5.78. The first-order valence-corrected chi connectivity index (χ1v) is 6.53. The van der Waals surface area contributed by atoms with Gasteiger partial charge < -0.3 is 10.1 Å². The summed E-state index contributed by atoms with van der Waals surface area (Å²) in [5.41, 5.74) is 1.23. The first-order chi connectivity index (χ1) is 9.56. The number of nitrogens with one attached hydrogen (secondary N) is 1. The molecule has 0 saturated heterocycles. The van der Waals surface area contributed by atoms with Gasteiger partial charge in [0, 0.05) is 17.1 Å². The molecule has 2 aromatic rings. The third-order valence-corrected chi connectivity index (χ3v) is 3.15. The summed E-state index contributed by atoms with van der Waals surface area (Å²) >= 11 is 11.9. The zero-order chi connectivity index (χ0) is 14.5. The molecule has 0 radical (unpaired) electrons. The van der Waals surface area contributed by atoms with Crippen LogP contribution in [0.15, 0.2) is 42.5 Å². The largest absolute Gasteiger partial charge is 0.434 e. The molecule has 1 N–H and O–H groups in total. The van der Waals surface area contributed by atoms with Gasteiger partial charge in [-0.2, -0.15) is 8.78 Å². The van der Waals surface area contributed by atoms with Crippen molar-refractivity contribution in [2.75, 3.05) is 5.32 Å². The number of ether oxygens (including phenoxy) is 1. The monoisotopic (exact) mass is 317 g/mol. The van der Waals surface area contributed by atoms with Crippen LogP contribution in [0.2, 0.25) is 10.0 Å². The van der Waals surface area contributed by atoms with Crippen molar-refractivity contribution in [1.82, 2.24) is 0 Å². The molecular formula is C14H11Cl2F2NO. The van der Waals surface area contributed by atoms with Crippen LogP contribution in [0.25, 0.3) is 0 Å². The number of anilines is 1. The molecule has 20 heavy (non-hydrogen) atoms. The highest BCUT2D eigenvalue weighted by atomic mass is 35.5. The fourth-order valence-electron chi connectivity index (χ4n) is 1.69. The van der Waals surface area contributed by atoms with E-state index in [2.05, 4.69) is 10.1 Å². The lowest BCUT2D eigenvalue weighted by Gasteiger charge is -2.13. The Morgan fingerprint density at radius 1 is 1.10 bits per heavy atom. The molecule has 2 aromatic carbocycles. The topological polar surface area (TPSA) is 21.3 Å². The van der Waals surface area contributed by atoms with Gasteiger partial charge in [0.1, 0.15) is 5.75 Å². The van der Waals surface area contributed by atoms with Crippen LogP contribution in [0, 0.1) is 0 Å². The van der Waals surface area contributed by atoms with Gasteiger partial charge in [-0.15, -0.1) is 0 Å². The number of alkyl halides is 2. The van der Waals surface area contributed by atoms with Gasteiger partial charge in [0.05, 0.1) is 10.7 Å². The highest BCUT2D eigenvalue weighted by molar-refractivity contribution is 6.33. The molecule has 2 nitrogen and oxygen atoms in total. The standard InChI is InChI=1S/C14H11Cl2F2NO/c15-10-5-6-13(20-14(17)18)9(7-10)8-19-12-4-2-1-3-11(12)16/h1-7,14,19H,8H2. The van der Waals surface area contributed by atoms with Crippen LogP contribution in [0.1, 0.15) is 5.56 Å². The van der Waals surface area contributed by atoms with Crippen LogP contribution < -0.4 is 10.1 Å². The van der Waals surface area contributed by atoms with Gasteiger partial charge in [-0.25, -0.2) is 0 Å². The average Bonchev–Trinajstić information content (AvgIpc) is 2.40. The van der Waals surface area contributed by atoms with Crippen molar-refractivity contribution in [3.8, 4) is 5.75 Å². The number of benzene rings is 2. The molecule has 0 fully saturated rings. The van der Waals surface area contributed by atoms with E-state index in [0.29, 0.717) is 21.3 Å². The third kappa shape index (κ3) is 3.99. The normalized spacial score (nSPS) is 10.7. The third-order valence-electron chi connectivity index (χ3n) is 2.58. The Balaban J connectivity index is 2.16. The van der Waals surface area contributed by atoms with E-state index in [-0.39, 0.29) is 12.3 Å². The van der Waals surface area contributed by atoms with Crippen molar-refractivity contribution >= 4 is 28.9 Å². The molecule has 0 aliphatic heterocycles. The second kappa shape index (κ2) is 6.77. The molecule has 0 bridgehead atoms. The summed E-state index contributed by atoms with van der Waals surface area (Å²) in [6.07, 6.45) is 0. The van der Waals surface area contributed by atoms with Crippen molar-refractivity contribution in [1.29, 1.82) is 0 Å². The van der Waals surface area contributed by atoms with Crippen LogP contribution in [0.5, 0.6) is 5.75 Å². The number of para-hydroxylation sites is 1. The molecule has 0 aliphatic rings. The van der Waals surface area contributed by atoms with Crippen molar-refractivity contribution in [2.45, 2.75) is 13.2 Å². The Morgan fingerprint density at radius 2 is 1.85 bits per heavy atom. The smallest absolute Gasteiger partial charge is 0.387 e. The minimum absolute atomic E-state index is 0.0870. The highest BCUT2D eigenvalue weighted by Crippen LogP contribution is 2.27.